The van der Waals surface area contributed by atoms with Gasteiger partial charge in [0.2, 0.25) is 0 Å². The molecule has 1 rings (SSSR count). The summed E-state index contributed by atoms with van der Waals surface area (Å²) in [6, 6.07) is 8.32. The van der Waals surface area contributed by atoms with Crippen molar-refractivity contribution in [2.24, 2.45) is 0 Å². The minimum atomic E-state index is 0.297. The maximum Gasteiger partial charge on any atom is 0.0442 e. The highest BCUT2D eigenvalue weighted by molar-refractivity contribution is 8.00. The molecule has 2 N–H and O–H groups in total. The molecule has 0 aliphatic heterocycles. The number of nitrogens with one attached hydrogen (secondary N) is 1. The smallest absolute Gasteiger partial charge is 0.0442 e. The van der Waals surface area contributed by atoms with E-state index < -0.39 is 0 Å². The fraction of sp³-hybridized carbons (Fsp3) is 0.538. The van der Waals surface area contributed by atoms with Crippen molar-refractivity contribution in [1.29, 1.82) is 0 Å². The summed E-state index contributed by atoms with van der Waals surface area (Å²) >= 11 is 1.69. The van der Waals surface area contributed by atoms with Crippen LogP contribution >= 0.6 is 11.9 Å². The van der Waals surface area contributed by atoms with Crippen molar-refractivity contribution in [2.45, 2.75) is 33.6 Å². The molecule has 3 heteroatoms. The van der Waals surface area contributed by atoms with E-state index in [4.69, 9.17) is 5.11 Å². The molecule has 0 bridgehead atoms. The van der Waals surface area contributed by atoms with Crippen molar-refractivity contribution in [3.63, 3.8) is 0 Å². The van der Waals surface area contributed by atoms with Gasteiger partial charge in [0.25, 0.3) is 0 Å². The van der Waals surface area contributed by atoms with Crippen LogP contribution < -0.4 is 4.72 Å². The van der Waals surface area contributed by atoms with Crippen LogP contribution in [0.25, 0.3) is 0 Å². The van der Waals surface area contributed by atoms with Gasteiger partial charge in [-0.15, -0.1) is 0 Å². The first-order chi connectivity index (χ1) is 7.83. The number of aliphatic hydroxyl groups is 1. The van der Waals surface area contributed by atoms with Crippen LogP contribution in [0.1, 0.15) is 32.3 Å². The summed E-state index contributed by atoms with van der Waals surface area (Å²) in [6.07, 6.45) is 1.95. The lowest BCUT2D eigenvalue weighted by molar-refractivity contribution is 0.287. The maximum atomic E-state index is 8.59. The van der Waals surface area contributed by atoms with Crippen molar-refractivity contribution in [3.8, 4) is 0 Å². The third kappa shape index (κ3) is 7.60. The standard InChI is InChI=1S/C11H17NOS.C2H6/c1-10-5-4-6-11(9-10)12-14-8-3-2-7-13;1-2/h4-6,9,12-13H,2-3,7-8H2,1H3;1-2H3. The van der Waals surface area contributed by atoms with Gasteiger partial charge in [0.05, 0.1) is 0 Å². The average Bonchev–Trinajstić information content (AvgIpc) is 2.32. The normalized spacial score (nSPS) is 9.25. The van der Waals surface area contributed by atoms with Gasteiger partial charge in [-0.25, -0.2) is 0 Å². The molecule has 0 aliphatic rings. The van der Waals surface area contributed by atoms with E-state index in [1.165, 1.54) is 5.56 Å². The number of hydrogen-bond acceptors (Lipinski definition) is 3. The van der Waals surface area contributed by atoms with Crippen molar-refractivity contribution >= 4 is 17.6 Å². The van der Waals surface area contributed by atoms with Crippen LogP contribution in [0.2, 0.25) is 0 Å². The first-order valence-corrected chi connectivity index (χ1v) is 6.87. The van der Waals surface area contributed by atoms with Gasteiger partial charge in [0.15, 0.2) is 0 Å². The molecule has 0 radical (unpaired) electrons. The van der Waals surface area contributed by atoms with E-state index >= 15 is 0 Å². The molecule has 0 unspecified atom stereocenters. The maximum absolute atomic E-state index is 8.59. The summed E-state index contributed by atoms with van der Waals surface area (Å²) in [5.74, 6) is 1.04. The molecule has 0 aromatic heterocycles. The Morgan fingerprint density at radius 2 is 2.00 bits per heavy atom. The summed E-state index contributed by atoms with van der Waals surface area (Å²) in [7, 11) is 0. The third-order valence-electron chi connectivity index (χ3n) is 1.86. The van der Waals surface area contributed by atoms with Gasteiger partial charge in [0, 0.05) is 18.0 Å². The molecule has 0 aliphatic carbocycles. The number of unbranched alkanes of at least 4 members (excludes halogenated alkanes) is 1. The van der Waals surface area contributed by atoms with E-state index in [1.807, 2.05) is 19.9 Å². The van der Waals surface area contributed by atoms with E-state index in [9.17, 15) is 0 Å². The van der Waals surface area contributed by atoms with Crippen LogP contribution in [0.3, 0.4) is 0 Å². The van der Waals surface area contributed by atoms with E-state index in [2.05, 4.69) is 29.8 Å². The molecule has 2 nitrogen and oxygen atoms in total. The molecule has 0 saturated heterocycles. The molecule has 1 aromatic carbocycles. The Labute approximate surface area is 104 Å². The molecule has 0 atom stereocenters. The lowest BCUT2D eigenvalue weighted by atomic mass is 10.2. The predicted molar refractivity (Wildman–Crippen MR) is 74.9 cm³/mol. The molecular formula is C13H23NOS. The van der Waals surface area contributed by atoms with Crippen LogP contribution in [0.4, 0.5) is 5.69 Å². The van der Waals surface area contributed by atoms with Crippen molar-refractivity contribution in [1.82, 2.24) is 0 Å². The molecule has 92 valence electrons. The Kier molecular flexibility index (Phi) is 10.4. The fourth-order valence-corrected chi connectivity index (χ4v) is 1.87. The second kappa shape index (κ2) is 10.8. The Morgan fingerprint density at radius 3 is 2.62 bits per heavy atom. The van der Waals surface area contributed by atoms with Gasteiger partial charge in [-0.05, 0) is 37.5 Å². The highest BCUT2D eigenvalue weighted by Crippen LogP contribution is 2.14. The summed E-state index contributed by atoms with van der Waals surface area (Å²) < 4.78 is 3.28. The van der Waals surface area contributed by atoms with Gasteiger partial charge in [-0.3, -0.25) is 0 Å². The number of rotatable bonds is 6. The minimum absolute atomic E-state index is 0.297. The zero-order valence-electron chi connectivity index (χ0n) is 10.5. The Bertz CT molecular complexity index is 266. The van der Waals surface area contributed by atoms with Gasteiger partial charge in [0.1, 0.15) is 0 Å². The molecule has 0 amide bonds. The number of aliphatic hydroxyl groups excluding tert-OH is 1. The van der Waals surface area contributed by atoms with Crippen molar-refractivity contribution < 1.29 is 5.11 Å². The molecular weight excluding hydrogens is 218 g/mol. The molecule has 0 saturated carbocycles. The van der Waals surface area contributed by atoms with Crippen LogP contribution in [0, 0.1) is 6.92 Å². The molecule has 0 spiro atoms. The lowest BCUT2D eigenvalue weighted by Gasteiger charge is -2.05. The molecule has 16 heavy (non-hydrogen) atoms. The van der Waals surface area contributed by atoms with Crippen molar-refractivity contribution in [3.05, 3.63) is 29.8 Å². The largest absolute Gasteiger partial charge is 0.396 e. The second-order valence-electron chi connectivity index (χ2n) is 3.25. The Balaban J connectivity index is 0.00000106. The Hall–Kier alpha value is -0.670. The average molecular weight is 241 g/mol. The van der Waals surface area contributed by atoms with Gasteiger partial charge in [-0.2, -0.15) is 0 Å². The quantitative estimate of drug-likeness (QED) is 0.586. The summed E-state index contributed by atoms with van der Waals surface area (Å²) in [4.78, 5) is 0. The van der Waals surface area contributed by atoms with Crippen LogP contribution in [-0.2, 0) is 0 Å². The van der Waals surface area contributed by atoms with Gasteiger partial charge >= 0.3 is 0 Å². The molecule has 0 heterocycles. The zero-order valence-corrected chi connectivity index (χ0v) is 11.3. The number of hydrogen-bond donors (Lipinski definition) is 2. The van der Waals surface area contributed by atoms with Crippen LogP contribution in [0.5, 0.6) is 0 Å². The third-order valence-corrected chi connectivity index (χ3v) is 2.74. The second-order valence-corrected chi connectivity index (χ2v) is 4.15. The van der Waals surface area contributed by atoms with E-state index in [-0.39, 0.29) is 0 Å². The molecule has 0 fully saturated rings. The van der Waals surface area contributed by atoms with E-state index in [1.54, 1.807) is 11.9 Å². The first-order valence-electron chi connectivity index (χ1n) is 5.88. The topological polar surface area (TPSA) is 32.3 Å². The summed E-state index contributed by atoms with van der Waals surface area (Å²) in [5, 5.41) is 8.59. The van der Waals surface area contributed by atoms with Crippen LogP contribution in [-0.4, -0.2) is 17.5 Å². The predicted octanol–water partition coefficient (Wildman–Crippen LogP) is 3.85. The van der Waals surface area contributed by atoms with Crippen LogP contribution in [0.15, 0.2) is 24.3 Å². The number of aryl methyl sites for hydroxylation is 1. The van der Waals surface area contributed by atoms with Gasteiger partial charge < -0.3 is 9.83 Å². The lowest BCUT2D eigenvalue weighted by Crippen LogP contribution is -1.91. The summed E-state index contributed by atoms with van der Waals surface area (Å²) in [5.41, 5.74) is 2.42. The Morgan fingerprint density at radius 1 is 1.25 bits per heavy atom. The first kappa shape index (κ1) is 15.3. The summed E-state index contributed by atoms with van der Waals surface area (Å²) in [6.45, 7) is 6.38. The highest BCUT2D eigenvalue weighted by Gasteiger charge is 1.92. The van der Waals surface area contributed by atoms with Gasteiger partial charge in [-0.1, -0.05) is 37.9 Å². The van der Waals surface area contributed by atoms with Crippen molar-refractivity contribution in [2.75, 3.05) is 17.1 Å². The highest BCUT2D eigenvalue weighted by atomic mass is 32.2. The molecule has 1 aromatic rings. The number of benzene rings is 1. The monoisotopic (exact) mass is 241 g/mol. The fourth-order valence-electron chi connectivity index (χ4n) is 1.13. The minimum Gasteiger partial charge on any atom is -0.396 e. The zero-order chi connectivity index (χ0) is 12.2. The van der Waals surface area contributed by atoms with E-state index in [0.29, 0.717) is 6.61 Å². The number of anilines is 1. The SMILES string of the molecule is CC.Cc1cccc(NSCCCCO)c1. The van der Waals surface area contributed by atoms with E-state index in [0.717, 1.165) is 24.3 Å².